The molecule has 0 spiro atoms. The number of rotatable bonds is 6. The van der Waals surface area contributed by atoms with E-state index in [1.165, 1.54) is 12.1 Å². The number of benzene rings is 1. The Morgan fingerprint density at radius 2 is 2.00 bits per heavy atom. The summed E-state index contributed by atoms with van der Waals surface area (Å²) in [5, 5.41) is 13.8. The van der Waals surface area contributed by atoms with Gasteiger partial charge in [-0.1, -0.05) is 19.9 Å². The van der Waals surface area contributed by atoms with Crippen molar-refractivity contribution in [1.82, 2.24) is 4.90 Å². The summed E-state index contributed by atoms with van der Waals surface area (Å²) in [6.45, 7) is 6.18. The minimum atomic E-state index is -0.486. The number of hydrogen-bond donors (Lipinski definition) is 1. The average molecular weight is 293 g/mol. The highest BCUT2D eigenvalue weighted by Gasteiger charge is 2.25. The summed E-state index contributed by atoms with van der Waals surface area (Å²) in [4.78, 5) is 24.8. The van der Waals surface area contributed by atoms with Gasteiger partial charge in [0, 0.05) is 26.2 Å². The summed E-state index contributed by atoms with van der Waals surface area (Å²) in [7, 11) is 3.31. The molecule has 0 aromatic heterocycles. The van der Waals surface area contributed by atoms with E-state index in [1.54, 1.807) is 25.1 Å². The van der Waals surface area contributed by atoms with Gasteiger partial charge in [0.1, 0.15) is 5.69 Å². The van der Waals surface area contributed by atoms with Crippen LogP contribution in [-0.2, 0) is 0 Å². The highest BCUT2D eigenvalue weighted by molar-refractivity contribution is 6.01. The summed E-state index contributed by atoms with van der Waals surface area (Å²) < 4.78 is 0. The molecule has 0 bridgehead atoms. The number of nitro groups is 1. The molecular formula is C15H23N3O3. The number of amides is 1. The Morgan fingerprint density at radius 3 is 2.48 bits per heavy atom. The highest BCUT2D eigenvalue weighted by atomic mass is 16.6. The Morgan fingerprint density at radius 1 is 1.38 bits per heavy atom. The molecule has 1 unspecified atom stereocenters. The molecule has 1 rings (SSSR count). The molecule has 0 fully saturated rings. The van der Waals surface area contributed by atoms with Gasteiger partial charge in [-0.2, -0.15) is 0 Å². The predicted molar refractivity (Wildman–Crippen MR) is 83.7 cm³/mol. The van der Waals surface area contributed by atoms with Crippen LogP contribution in [0.25, 0.3) is 0 Å². The van der Waals surface area contributed by atoms with Gasteiger partial charge in [-0.15, -0.1) is 0 Å². The molecule has 0 heterocycles. The van der Waals surface area contributed by atoms with E-state index in [9.17, 15) is 14.9 Å². The Hall–Kier alpha value is -2.11. The number of hydrogen-bond acceptors (Lipinski definition) is 4. The standard InChI is InChI=1S/C15H23N3O3/c1-10(2)9-11(3)17(5)15(19)12-7-6-8-13(18(20)21)14(12)16-4/h6-8,10-11,16H,9H2,1-5H3. The van der Waals surface area contributed by atoms with E-state index in [1.807, 2.05) is 6.92 Å². The normalized spacial score (nSPS) is 12.1. The van der Waals surface area contributed by atoms with E-state index in [0.29, 0.717) is 11.5 Å². The van der Waals surface area contributed by atoms with Gasteiger partial charge in [0.15, 0.2) is 0 Å². The van der Waals surface area contributed by atoms with E-state index >= 15 is 0 Å². The molecule has 0 aliphatic heterocycles. The number of para-hydroxylation sites is 1. The number of anilines is 1. The van der Waals surface area contributed by atoms with Gasteiger partial charge in [-0.05, 0) is 25.3 Å². The number of nitro benzene ring substituents is 1. The molecule has 6 heteroatoms. The summed E-state index contributed by atoms with van der Waals surface area (Å²) in [5.41, 5.74) is 0.495. The van der Waals surface area contributed by atoms with E-state index in [-0.39, 0.29) is 23.3 Å². The zero-order valence-corrected chi connectivity index (χ0v) is 13.2. The van der Waals surface area contributed by atoms with Crippen LogP contribution in [-0.4, -0.2) is 35.9 Å². The molecule has 1 N–H and O–H groups in total. The number of nitrogens with one attached hydrogen (secondary N) is 1. The van der Waals surface area contributed by atoms with E-state index in [0.717, 1.165) is 6.42 Å². The third-order valence-corrected chi connectivity index (χ3v) is 3.51. The van der Waals surface area contributed by atoms with Crippen LogP contribution in [0.15, 0.2) is 18.2 Å². The van der Waals surface area contributed by atoms with Crippen molar-refractivity contribution in [3.63, 3.8) is 0 Å². The minimum absolute atomic E-state index is 0.0708. The van der Waals surface area contributed by atoms with Crippen molar-refractivity contribution in [1.29, 1.82) is 0 Å². The second-order valence-electron chi connectivity index (χ2n) is 5.60. The maximum atomic E-state index is 12.6. The maximum absolute atomic E-state index is 12.6. The SMILES string of the molecule is CNc1c(C(=O)N(C)C(C)CC(C)C)cccc1[N+](=O)[O-]. The van der Waals surface area contributed by atoms with Crippen molar-refractivity contribution >= 4 is 17.3 Å². The topological polar surface area (TPSA) is 75.5 Å². The van der Waals surface area contributed by atoms with E-state index < -0.39 is 4.92 Å². The van der Waals surface area contributed by atoms with Crippen molar-refractivity contribution in [3.05, 3.63) is 33.9 Å². The van der Waals surface area contributed by atoms with Gasteiger partial charge in [0.25, 0.3) is 11.6 Å². The molecule has 116 valence electrons. The Labute approximate surface area is 125 Å². The van der Waals surface area contributed by atoms with E-state index in [4.69, 9.17) is 0 Å². The van der Waals surface area contributed by atoms with Gasteiger partial charge in [0.05, 0.1) is 10.5 Å². The molecule has 0 saturated carbocycles. The number of carbonyl (C=O) groups is 1. The third kappa shape index (κ3) is 3.93. The average Bonchev–Trinajstić information content (AvgIpc) is 2.43. The van der Waals surface area contributed by atoms with Gasteiger partial charge in [-0.3, -0.25) is 14.9 Å². The molecule has 0 aliphatic rings. The van der Waals surface area contributed by atoms with E-state index in [2.05, 4.69) is 19.2 Å². The lowest BCUT2D eigenvalue weighted by molar-refractivity contribution is -0.384. The molecule has 1 amide bonds. The summed E-state index contributed by atoms with van der Waals surface area (Å²) in [6.07, 6.45) is 0.881. The minimum Gasteiger partial charge on any atom is -0.382 e. The van der Waals surface area contributed by atoms with Crippen molar-refractivity contribution in [2.75, 3.05) is 19.4 Å². The first-order valence-electron chi connectivity index (χ1n) is 7.01. The zero-order chi connectivity index (χ0) is 16.2. The van der Waals surface area contributed by atoms with Gasteiger partial charge in [-0.25, -0.2) is 0 Å². The van der Waals surface area contributed by atoms with Crippen LogP contribution in [0.5, 0.6) is 0 Å². The van der Waals surface area contributed by atoms with Gasteiger partial charge < -0.3 is 10.2 Å². The Kier molecular flexibility index (Phi) is 5.69. The first-order chi connectivity index (χ1) is 9.79. The van der Waals surface area contributed by atoms with Crippen molar-refractivity contribution in [2.24, 2.45) is 5.92 Å². The van der Waals surface area contributed by atoms with Crippen LogP contribution in [0.1, 0.15) is 37.6 Å². The largest absolute Gasteiger partial charge is 0.382 e. The molecule has 0 saturated heterocycles. The second kappa shape index (κ2) is 7.06. The van der Waals surface area contributed by atoms with Crippen molar-refractivity contribution < 1.29 is 9.72 Å². The Bertz CT molecular complexity index is 529. The summed E-state index contributed by atoms with van der Waals surface area (Å²) >= 11 is 0. The number of carbonyl (C=O) groups excluding carboxylic acids is 1. The quantitative estimate of drug-likeness (QED) is 0.645. The summed E-state index contributed by atoms with van der Waals surface area (Å²) in [5.74, 6) is 0.264. The van der Waals surface area contributed by atoms with Gasteiger partial charge >= 0.3 is 0 Å². The third-order valence-electron chi connectivity index (χ3n) is 3.51. The van der Waals surface area contributed by atoms with Crippen molar-refractivity contribution in [2.45, 2.75) is 33.2 Å². The first-order valence-corrected chi connectivity index (χ1v) is 7.01. The summed E-state index contributed by atoms with van der Waals surface area (Å²) in [6, 6.07) is 4.61. The fourth-order valence-corrected chi connectivity index (χ4v) is 2.36. The van der Waals surface area contributed by atoms with Crippen molar-refractivity contribution in [3.8, 4) is 0 Å². The molecule has 6 nitrogen and oxygen atoms in total. The number of nitrogens with zero attached hydrogens (tertiary/aromatic N) is 2. The lowest BCUT2D eigenvalue weighted by atomic mass is 10.0. The second-order valence-corrected chi connectivity index (χ2v) is 5.60. The smallest absolute Gasteiger partial charge is 0.293 e. The molecule has 0 aliphatic carbocycles. The zero-order valence-electron chi connectivity index (χ0n) is 13.2. The van der Waals surface area contributed by atoms with Crippen LogP contribution < -0.4 is 5.32 Å². The molecule has 1 aromatic carbocycles. The fraction of sp³-hybridized carbons (Fsp3) is 0.533. The van der Waals surface area contributed by atoms with Crippen LogP contribution in [0.4, 0.5) is 11.4 Å². The van der Waals surface area contributed by atoms with Crippen LogP contribution >= 0.6 is 0 Å². The fourth-order valence-electron chi connectivity index (χ4n) is 2.36. The van der Waals surface area contributed by atoms with Crippen LogP contribution in [0.2, 0.25) is 0 Å². The lowest BCUT2D eigenvalue weighted by Gasteiger charge is -2.27. The van der Waals surface area contributed by atoms with Gasteiger partial charge in [0.2, 0.25) is 0 Å². The monoisotopic (exact) mass is 293 g/mol. The molecular weight excluding hydrogens is 270 g/mol. The maximum Gasteiger partial charge on any atom is 0.293 e. The molecule has 1 aromatic rings. The molecule has 21 heavy (non-hydrogen) atoms. The Balaban J connectivity index is 3.12. The van der Waals surface area contributed by atoms with Crippen LogP contribution in [0, 0.1) is 16.0 Å². The predicted octanol–water partition coefficient (Wildman–Crippen LogP) is 3.14. The first kappa shape index (κ1) is 16.9. The van der Waals surface area contributed by atoms with Crippen LogP contribution in [0.3, 0.4) is 0 Å². The molecule has 1 atom stereocenters. The lowest BCUT2D eigenvalue weighted by Crippen LogP contribution is -2.36. The highest BCUT2D eigenvalue weighted by Crippen LogP contribution is 2.29. The molecule has 0 radical (unpaired) electrons.